The number of hydrogen-bond acceptors (Lipinski definition) is 4. The summed E-state index contributed by atoms with van der Waals surface area (Å²) in [6, 6.07) is 0.317. The van der Waals surface area contributed by atoms with Gasteiger partial charge in [0.1, 0.15) is 5.25 Å². The predicted molar refractivity (Wildman–Crippen MR) is 79.6 cm³/mol. The van der Waals surface area contributed by atoms with Crippen LogP contribution < -0.4 is 5.32 Å². The highest BCUT2D eigenvalue weighted by Gasteiger charge is 2.39. The number of hydrogen-bond donors (Lipinski definition) is 1. The molecule has 5 nitrogen and oxygen atoms in total. The molecular formula is C14H21N3O2S. The summed E-state index contributed by atoms with van der Waals surface area (Å²) in [6.45, 7) is 1.55. The molecule has 0 radical (unpaired) electrons. The lowest BCUT2D eigenvalue weighted by atomic mass is 9.95. The van der Waals surface area contributed by atoms with Crippen LogP contribution in [-0.4, -0.2) is 46.3 Å². The molecule has 6 heteroatoms. The third kappa shape index (κ3) is 3.00. The molecule has 1 atom stereocenters. The van der Waals surface area contributed by atoms with Crippen LogP contribution in [0.15, 0.2) is 4.99 Å². The van der Waals surface area contributed by atoms with E-state index in [4.69, 9.17) is 0 Å². The molecule has 2 aliphatic heterocycles. The van der Waals surface area contributed by atoms with Gasteiger partial charge in [-0.2, -0.15) is 0 Å². The third-order valence-corrected chi connectivity index (χ3v) is 5.36. The number of fused-ring (bicyclic) bond motifs is 1. The van der Waals surface area contributed by atoms with Gasteiger partial charge in [-0.1, -0.05) is 31.0 Å². The standard InChI is InChI=1S/C14H21N3O2S/c18-12(16-10-5-2-1-3-6-10)9-11-13(19)17-8-4-7-15-14(17)20-11/h10-11H,1-9H2,(H,16,18). The van der Waals surface area contributed by atoms with E-state index >= 15 is 0 Å². The molecule has 0 aromatic heterocycles. The summed E-state index contributed by atoms with van der Waals surface area (Å²) in [4.78, 5) is 30.4. The number of carbonyl (C=O) groups is 2. The lowest BCUT2D eigenvalue weighted by Gasteiger charge is -2.23. The van der Waals surface area contributed by atoms with Crippen LogP contribution in [0.25, 0.3) is 0 Å². The first kappa shape index (κ1) is 13.9. The number of amidine groups is 1. The molecule has 1 unspecified atom stereocenters. The maximum absolute atomic E-state index is 12.2. The number of carbonyl (C=O) groups excluding carboxylic acids is 2. The Hall–Kier alpha value is -1.04. The Balaban J connectivity index is 1.52. The molecule has 110 valence electrons. The Bertz CT molecular complexity index is 432. The SMILES string of the molecule is O=C(CC1SC2=NCCCN2C1=O)NC1CCCCC1. The summed E-state index contributed by atoms with van der Waals surface area (Å²) in [7, 11) is 0. The van der Waals surface area contributed by atoms with E-state index in [9.17, 15) is 9.59 Å². The van der Waals surface area contributed by atoms with E-state index in [0.717, 1.165) is 37.5 Å². The van der Waals surface area contributed by atoms with Crippen molar-refractivity contribution in [2.24, 2.45) is 4.99 Å². The Morgan fingerprint density at radius 3 is 2.85 bits per heavy atom. The van der Waals surface area contributed by atoms with Crippen molar-refractivity contribution in [2.75, 3.05) is 13.1 Å². The number of thioether (sulfide) groups is 1. The molecule has 1 saturated heterocycles. The van der Waals surface area contributed by atoms with Gasteiger partial charge in [0.15, 0.2) is 5.17 Å². The normalized spacial score (nSPS) is 27.2. The number of rotatable bonds is 3. The summed E-state index contributed by atoms with van der Waals surface area (Å²) in [5, 5.41) is 3.63. The van der Waals surface area contributed by atoms with Gasteiger partial charge in [-0.3, -0.25) is 19.5 Å². The van der Waals surface area contributed by atoms with Crippen LogP contribution in [0.2, 0.25) is 0 Å². The van der Waals surface area contributed by atoms with Crippen LogP contribution in [0, 0.1) is 0 Å². The number of nitrogens with zero attached hydrogens (tertiary/aromatic N) is 2. The van der Waals surface area contributed by atoms with E-state index in [1.807, 2.05) is 0 Å². The first-order chi connectivity index (χ1) is 9.74. The second-order valence-electron chi connectivity index (χ2n) is 5.72. The second-order valence-corrected chi connectivity index (χ2v) is 6.89. The molecule has 1 aliphatic carbocycles. The first-order valence-corrected chi connectivity index (χ1v) is 8.44. The molecular weight excluding hydrogens is 274 g/mol. The first-order valence-electron chi connectivity index (χ1n) is 7.56. The van der Waals surface area contributed by atoms with Crippen molar-refractivity contribution in [3.8, 4) is 0 Å². The molecule has 20 heavy (non-hydrogen) atoms. The van der Waals surface area contributed by atoms with Crippen molar-refractivity contribution < 1.29 is 9.59 Å². The predicted octanol–water partition coefficient (Wildman–Crippen LogP) is 1.53. The van der Waals surface area contributed by atoms with E-state index in [1.54, 1.807) is 4.90 Å². The van der Waals surface area contributed by atoms with Crippen LogP contribution in [0.4, 0.5) is 0 Å². The minimum atomic E-state index is -0.268. The monoisotopic (exact) mass is 295 g/mol. The fourth-order valence-electron chi connectivity index (χ4n) is 3.07. The van der Waals surface area contributed by atoms with Gasteiger partial charge in [-0.15, -0.1) is 0 Å². The molecule has 0 aromatic rings. The van der Waals surface area contributed by atoms with Gasteiger partial charge in [0.25, 0.3) is 0 Å². The maximum atomic E-state index is 12.2. The van der Waals surface area contributed by atoms with Crippen molar-refractivity contribution in [3.05, 3.63) is 0 Å². The van der Waals surface area contributed by atoms with E-state index in [2.05, 4.69) is 10.3 Å². The molecule has 3 aliphatic rings. The number of nitrogens with one attached hydrogen (secondary N) is 1. The fraction of sp³-hybridized carbons (Fsp3) is 0.786. The molecule has 0 bridgehead atoms. The van der Waals surface area contributed by atoms with Crippen LogP contribution in [0.5, 0.6) is 0 Å². The van der Waals surface area contributed by atoms with Gasteiger partial charge in [0, 0.05) is 25.6 Å². The van der Waals surface area contributed by atoms with Crippen LogP contribution >= 0.6 is 11.8 Å². The lowest BCUT2D eigenvalue weighted by Crippen LogP contribution is -2.40. The molecule has 0 spiro atoms. The highest BCUT2D eigenvalue weighted by Crippen LogP contribution is 2.31. The van der Waals surface area contributed by atoms with Gasteiger partial charge < -0.3 is 5.32 Å². The fourth-order valence-corrected chi connectivity index (χ4v) is 4.26. The topological polar surface area (TPSA) is 61.8 Å². The van der Waals surface area contributed by atoms with Crippen molar-refractivity contribution in [1.29, 1.82) is 0 Å². The van der Waals surface area contributed by atoms with E-state index in [-0.39, 0.29) is 23.5 Å². The van der Waals surface area contributed by atoms with Crippen molar-refractivity contribution >= 4 is 28.7 Å². The van der Waals surface area contributed by atoms with Gasteiger partial charge in [0.2, 0.25) is 11.8 Å². The van der Waals surface area contributed by atoms with E-state index in [0.29, 0.717) is 6.04 Å². The van der Waals surface area contributed by atoms with E-state index < -0.39 is 0 Å². The second kappa shape index (κ2) is 6.16. The molecule has 2 fully saturated rings. The zero-order chi connectivity index (χ0) is 13.9. The highest BCUT2D eigenvalue weighted by atomic mass is 32.2. The Labute approximate surface area is 123 Å². The molecule has 3 rings (SSSR count). The van der Waals surface area contributed by atoms with Gasteiger partial charge in [-0.25, -0.2) is 0 Å². The molecule has 1 saturated carbocycles. The summed E-state index contributed by atoms with van der Waals surface area (Å²) < 4.78 is 0. The Morgan fingerprint density at radius 1 is 1.30 bits per heavy atom. The number of aliphatic imine (C=N–C) groups is 1. The summed E-state index contributed by atoms with van der Waals surface area (Å²) in [5.41, 5.74) is 0. The highest BCUT2D eigenvalue weighted by molar-refractivity contribution is 8.15. The van der Waals surface area contributed by atoms with Crippen molar-refractivity contribution in [1.82, 2.24) is 10.2 Å². The van der Waals surface area contributed by atoms with Crippen molar-refractivity contribution in [2.45, 2.75) is 56.2 Å². The zero-order valence-corrected chi connectivity index (χ0v) is 12.5. The van der Waals surface area contributed by atoms with Crippen LogP contribution in [-0.2, 0) is 9.59 Å². The average molecular weight is 295 g/mol. The molecule has 0 aromatic carbocycles. The number of amides is 2. The van der Waals surface area contributed by atoms with Crippen LogP contribution in [0.1, 0.15) is 44.9 Å². The molecule has 2 heterocycles. The third-order valence-electron chi connectivity index (χ3n) is 4.15. The summed E-state index contributed by atoms with van der Waals surface area (Å²) in [6.07, 6.45) is 7.05. The van der Waals surface area contributed by atoms with Gasteiger partial charge >= 0.3 is 0 Å². The Kier molecular flexibility index (Phi) is 4.29. The smallest absolute Gasteiger partial charge is 0.242 e. The Morgan fingerprint density at radius 2 is 2.10 bits per heavy atom. The summed E-state index contributed by atoms with van der Waals surface area (Å²) >= 11 is 1.46. The van der Waals surface area contributed by atoms with Gasteiger partial charge in [0.05, 0.1) is 0 Å². The maximum Gasteiger partial charge on any atom is 0.242 e. The van der Waals surface area contributed by atoms with Gasteiger partial charge in [-0.05, 0) is 19.3 Å². The molecule has 1 N–H and O–H groups in total. The minimum absolute atomic E-state index is 0.0168. The largest absolute Gasteiger partial charge is 0.353 e. The minimum Gasteiger partial charge on any atom is -0.353 e. The van der Waals surface area contributed by atoms with Crippen molar-refractivity contribution in [3.63, 3.8) is 0 Å². The summed E-state index contributed by atoms with van der Waals surface area (Å²) in [5.74, 6) is 0.0791. The van der Waals surface area contributed by atoms with Crippen LogP contribution in [0.3, 0.4) is 0 Å². The quantitative estimate of drug-likeness (QED) is 0.859. The lowest BCUT2D eigenvalue weighted by molar-refractivity contribution is -0.129. The van der Waals surface area contributed by atoms with E-state index in [1.165, 1.54) is 31.0 Å². The molecule has 2 amide bonds. The average Bonchev–Trinajstić information content (AvgIpc) is 2.77. The zero-order valence-electron chi connectivity index (χ0n) is 11.6.